The van der Waals surface area contributed by atoms with Gasteiger partial charge in [0.15, 0.2) is 0 Å². The summed E-state index contributed by atoms with van der Waals surface area (Å²) < 4.78 is 17.9. The molecule has 1 aliphatic heterocycles. The van der Waals surface area contributed by atoms with Crippen molar-refractivity contribution >= 4 is 0 Å². The van der Waals surface area contributed by atoms with Crippen molar-refractivity contribution in [1.82, 2.24) is 0 Å². The predicted molar refractivity (Wildman–Crippen MR) is 121 cm³/mol. The zero-order chi connectivity index (χ0) is 21.1. The minimum absolute atomic E-state index is 0.239. The smallest absolute Gasteiger partial charge is 0.120 e. The van der Waals surface area contributed by atoms with Gasteiger partial charge in [-0.1, -0.05) is 45.1 Å². The molecular formula is C27H38O3. The molecule has 2 aliphatic carbocycles. The van der Waals surface area contributed by atoms with E-state index in [4.69, 9.17) is 14.2 Å². The van der Waals surface area contributed by atoms with Gasteiger partial charge in [-0.25, -0.2) is 0 Å². The van der Waals surface area contributed by atoms with Crippen molar-refractivity contribution in [3.8, 4) is 5.75 Å². The Morgan fingerprint density at radius 2 is 1.93 bits per heavy atom. The molecule has 1 aromatic carbocycles. The normalized spacial score (nSPS) is 34.0. The highest BCUT2D eigenvalue weighted by Crippen LogP contribution is 2.59. The summed E-state index contributed by atoms with van der Waals surface area (Å²) in [5.74, 6) is 3.38. The Kier molecular flexibility index (Phi) is 6.57. The monoisotopic (exact) mass is 410 g/mol. The Balaban J connectivity index is 1.39. The molecule has 164 valence electrons. The fraction of sp³-hybridized carbons (Fsp3) is 0.630. The zero-order valence-corrected chi connectivity index (χ0v) is 19.0. The van der Waals surface area contributed by atoms with Crippen LogP contribution in [0.5, 0.6) is 5.75 Å². The van der Waals surface area contributed by atoms with Crippen LogP contribution in [0.2, 0.25) is 0 Å². The highest BCUT2D eigenvalue weighted by Gasteiger charge is 2.54. The van der Waals surface area contributed by atoms with Crippen LogP contribution in [0.3, 0.4) is 0 Å². The second kappa shape index (κ2) is 9.18. The van der Waals surface area contributed by atoms with Gasteiger partial charge in [-0.15, -0.1) is 0 Å². The molecule has 1 heterocycles. The van der Waals surface area contributed by atoms with Crippen LogP contribution in [0.1, 0.15) is 64.4 Å². The predicted octanol–water partition coefficient (Wildman–Crippen LogP) is 6.68. The molecule has 0 N–H and O–H groups in total. The number of methoxy groups -OCH3 is 1. The first-order valence-corrected chi connectivity index (χ1v) is 11.8. The van der Waals surface area contributed by atoms with E-state index in [0.717, 1.165) is 24.5 Å². The van der Waals surface area contributed by atoms with Crippen LogP contribution in [-0.4, -0.2) is 19.8 Å². The molecule has 3 heteroatoms. The molecular weight excluding hydrogens is 372 g/mol. The number of hydrogen-bond donors (Lipinski definition) is 0. The standard InChI is InChI=1S/C27H38O3/c1-19-15-27(3)16-25(22-9-7-5-6-8-10-22)30-20(2)26(27)24(19)18-29-17-21-11-13-23(28-4)14-12-21/h9,11-14,19,24-26H,2,5-8,10,15-18H2,1,3-4H3/t19-,24+,25+,26-,27-/m0/s1. The third-order valence-electron chi connectivity index (χ3n) is 7.72. The molecule has 0 aromatic heterocycles. The molecule has 0 spiro atoms. The molecule has 30 heavy (non-hydrogen) atoms. The van der Waals surface area contributed by atoms with Crippen LogP contribution in [0, 0.1) is 23.2 Å². The molecule has 3 aliphatic rings. The molecule has 0 radical (unpaired) electrons. The van der Waals surface area contributed by atoms with Gasteiger partial charge in [0.25, 0.3) is 0 Å². The van der Waals surface area contributed by atoms with Crippen LogP contribution < -0.4 is 4.74 Å². The summed E-state index contributed by atoms with van der Waals surface area (Å²) in [4.78, 5) is 0. The fourth-order valence-corrected chi connectivity index (χ4v) is 6.25. The van der Waals surface area contributed by atoms with E-state index >= 15 is 0 Å². The summed E-state index contributed by atoms with van der Waals surface area (Å²) in [7, 11) is 1.69. The van der Waals surface area contributed by atoms with Crippen LogP contribution in [-0.2, 0) is 16.1 Å². The maximum absolute atomic E-state index is 6.50. The zero-order valence-electron chi connectivity index (χ0n) is 19.0. The lowest BCUT2D eigenvalue weighted by Crippen LogP contribution is -2.40. The maximum Gasteiger partial charge on any atom is 0.120 e. The van der Waals surface area contributed by atoms with Gasteiger partial charge in [0.05, 0.1) is 26.1 Å². The SMILES string of the molecule is C=C1O[C@@H](C2=CCCCCC2)C[C@]2(C)C[C@H](C)[C@@H](COCc3ccc(OC)cc3)[C@H]12. The minimum Gasteiger partial charge on any atom is -0.497 e. The number of ether oxygens (including phenoxy) is 3. The second-order valence-corrected chi connectivity index (χ2v) is 10.00. The molecule has 0 bridgehead atoms. The quantitative estimate of drug-likeness (QED) is 0.489. The van der Waals surface area contributed by atoms with Gasteiger partial charge in [0.1, 0.15) is 11.9 Å². The molecule has 1 saturated carbocycles. The van der Waals surface area contributed by atoms with E-state index in [9.17, 15) is 0 Å². The molecule has 2 fully saturated rings. The summed E-state index contributed by atoms with van der Waals surface area (Å²) in [6, 6.07) is 8.14. The lowest BCUT2D eigenvalue weighted by atomic mass is 9.69. The summed E-state index contributed by atoms with van der Waals surface area (Å²) in [6.07, 6.45) is 11.4. The van der Waals surface area contributed by atoms with E-state index in [0.29, 0.717) is 24.4 Å². The van der Waals surface area contributed by atoms with Crippen LogP contribution in [0.15, 0.2) is 48.3 Å². The second-order valence-electron chi connectivity index (χ2n) is 10.00. The van der Waals surface area contributed by atoms with Crippen molar-refractivity contribution in [2.24, 2.45) is 23.2 Å². The molecule has 1 saturated heterocycles. The third kappa shape index (κ3) is 4.46. The maximum atomic E-state index is 6.50. The van der Waals surface area contributed by atoms with E-state index in [1.165, 1.54) is 49.7 Å². The summed E-state index contributed by atoms with van der Waals surface area (Å²) in [5.41, 5.74) is 2.98. The Morgan fingerprint density at radius 3 is 2.70 bits per heavy atom. The van der Waals surface area contributed by atoms with Gasteiger partial charge in [0, 0.05) is 5.92 Å². The summed E-state index contributed by atoms with van der Waals surface area (Å²) >= 11 is 0. The van der Waals surface area contributed by atoms with Crippen LogP contribution in [0.25, 0.3) is 0 Å². The van der Waals surface area contributed by atoms with Gasteiger partial charge in [0.2, 0.25) is 0 Å². The molecule has 5 atom stereocenters. The highest BCUT2D eigenvalue weighted by molar-refractivity contribution is 5.26. The average Bonchev–Trinajstić information content (AvgIpc) is 2.90. The number of benzene rings is 1. The van der Waals surface area contributed by atoms with Gasteiger partial charge >= 0.3 is 0 Å². The third-order valence-corrected chi connectivity index (χ3v) is 7.72. The number of fused-ring (bicyclic) bond motifs is 1. The molecule has 3 nitrogen and oxygen atoms in total. The molecule has 0 unspecified atom stereocenters. The Hall–Kier alpha value is -1.74. The van der Waals surface area contributed by atoms with E-state index in [1.54, 1.807) is 7.11 Å². The van der Waals surface area contributed by atoms with Crippen LogP contribution >= 0.6 is 0 Å². The lowest BCUT2D eigenvalue weighted by Gasteiger charge is -2.44. The fourth-order valence-electron chi connectivity index (χ4n) is 6.25. The first-order valence-electron chi connectivity index (χ1n) is 11.8. The number of rotatable bonds is 6. The van der Waals surface area contributed by atoms with E-state index in [1.807, 2.05) is 12.1 Å². The van der Waals surface area contributed by atoms with Crippen molar-refractivity contribution in [3.63, 3.8) is 0 Å². The lowest BCUT2D eigenvalue weighted by molar-refractivity contribution is -0.0286. The molecule has 0 amide bonds. The number of allylic oxidation sites excluding steroid dienone is 2. The van der Waals surface area contributed by atoms with Gasteiger partial charge in [-0.05, 0) is 79.0 Å². The van der Waals surface area contributed by atoms with E-state index in [2.05, 4.69) is 38.6 Å². The van der Waals surface area contributed by atoms with Crippen molar-refractivity contribution in [2.75, 3.05) is 13.7 Å². The van der Waals surface area contributed by atoms with Crippen molar-refractivity contribution in [1.29, 1.82) is 0 Å². The largest absolute Gasteiger partial charge is 0.497 e. The topological polar surface area (TPSA) is 27.7 Å². The van der Waals surface area contributed by atoms with Gasteiger partial charge < -0.3 is 14.2 Å². The van der Waals surface area contributed by atoms with Crippen molar-refractivity contribution < 1.29 is 14.2 Å². The average molecular weight is 411 g/mol. The van der Waals surface area contributed by atoms with E-state index in [-0.39, 0.29) is 11.5 Å². The van der Waals surface area contributed by atoms with Crippen LogP contribution in [0.4, 0.5) is 0 Å². The first-order chi connectivity index (χ1) is 14.5. The van der Waals surface area contributed by atoms with E-state index < -0.39 is 0 Å². The highest BCUT2D eigenvalue weighted by atomic mass is 16.5. The molecule has 1 aromatic rings. The summed E-state index contributed by atoms with van der Waals surface area (Å²) in [5, 5.41) is 0. The number of hydrogen-bond acceptors (Lipinski definition) is 3. The Labute approximate surface area is 182 Å². The van der Waals surface area contributed by atoms with Gasteiger partial charge in [-0.2, -0.15) is 0 Å². The minimum atomic E-state index is 0.239. The Bertz CT molecular complexity index is 765. The summed E-state index contributed by atoms with van der Waals surface area (Å²) in [6.45, 7) is 10.7. The Morgan fingerprint density at radius 1 is 1.13 bits per heavy atom. The van der Waals surface area contributed by atoms with Gasteiger partial charge in [-0.3, -0.25) is 0 Å². The van der Waals surface area contributed by atoms with Crippen molar-refractivity contribution in [3.05, 3.63) is 53.8 Å². The first kappa shape index (κ1) is 21.5. The molecule has 4 rings (SSSR count). The van der Waals surface area contributed by atoms with Crippen molar-refractivity contribution in [2.45, 2.75) is 71.5 Å².